The van der Waals surface area contributed by atoms with Crippen molar-refractivity contribution in [2.75, 3.05) is 0 Å². The highest BCUT2D eigenvalue weighted by molar-refractivity contribution is 6.14. The monoisotopic (exact) mass is 511 g/mol. The number of rotatable bonds is 3. The highest BCUT2D eigenvalue weighted by Crippen LogP contribution is 2.49. The first-order chi connectivity index (χ1) is 18.9. The summed E-state index contributed by atoms with van der Waals surface area (Å²) in [6.07, 6.45) is 9.48. The maximum atomic E-state index is 10.3. The van der Waals surface area contributed by atoms with Crippen LogP contribution in [0.1, 0.15) is 73.3 Å². The third kappa shape index (κ3) is 3.73. The van der Waals surface area contributed by atoms with E-state index in [1.54, 1.807) is 5.56 Å². The average Bonchev–Trinajstić information content (AvgIpc) is 3.65. The molecule has 0 amide bonds. The van der Waals surface area contributed by atoms with Gasteiger partial charge in [0.2, 0.25) is 5.69 Å². The van der Waals surface area contributed by atoms with Crippen molar-refractivity contribution in [3.05, 3.63) is 88.6 Å². The van der Waals surface area contributed by atoms with Gasteiger partial charge in [0, 0.05) is 28.5 Å². The molecule has 0 atom stereocenters. The van der Waals surface area contributed by atoms with E-state index < -0.39 is 0 Å². The minimum absolute atomic E-state index is 0.215. The van der Waals surface area contributed by atoms with Gasteiger partial charge in [-0.25, -0.2) is 4.57 Å². The Bertz CT molecular complexity index is 1830. The van der Waals surface area contributed by atoms with Crippen molar-refractivity contribution in [2.45, 2.75) is 65.2 Å². The van der Waals surface area contributed by atoms with Gasteiger partial charge in [-0.05, 0) is 90.0 Å². The second kappa shape index (κ2) is 8.82. The number of nitriles is 1. The first-order valence-electron chi connectivity index (χ1n) is 14.4. The lowest BCUT2D eigenvalue weighted by atomic mass is 9.85. The normalized spacial score (nSPS) is 16.7. The first-order valence-corrected chi connectivity index (χ1v) is 14.4. The van der Waals surface area contributed by atoms with Gasteiger partial charge in [-0.1, -0.05) is 51.0 Å². The van der Waals surface area contributed by atoms with E-state index >= 15 is 0 Å². The smallest absolute Gasteiger partial charge is 0.216 e. The second-order valence-electron chi connectivity index (χ2n) is 12.6. The van der Waals surface area contributed by atoms with Crippen molar-refractivity contribution >= 4 is 21.9 Å². The number of pyridine rings is 1. The molecule has 0 saturated heterocycles. The molecule has 0 N–H and O–H groups in total. The van der Waals surface area contributed by atoms with Crippen molar-refractivity contribution < 1.29 is 8.98 Å². The number of hydrogen-bond donors (Lipinski definition) is 0. The lowest BCUT2D eigenvalue weighted by Crippen LogP contribution is -2.30. The largest absolute Gasteiger partial charge is 0.454 e. The second-order valence-corrected chi connectivity index (χ2v) is 12.6. The number of aryl methyl sites for hydroxylation is 2. The molecule has 0 unspecified atom stereocenters. The molecular formula is C36H35N2O+. The molecule has 3 heteroatoms. The molecule has 2 heterocycles. The molecule has 5 aromatic rings. The molecule has 0 spiro atoms. The van der Waals surface area contributed by atoms with Gasteiger partial charge in [-0.3, -0.25) is 0 Å². The van der Waals surface area contributed by atoms with Crippen LogP contribution in [0.2, 0.25) is 0 Å². The fourth-order valence-corrected chi connectivity index (χ4v) is 7.46. The van der Waals surface area contributed by atoms with E-state index in [0.29, 0.717) is 11.5 Å². The molecule has 39 heavy (non-hydrogen) atoms. The summed E-state index contributed by atoms with van der Waals surface area (Å²) in [4.78, 5) is 0. The van der Waals surface area contributed by atoms with Crippen LogP contribution in [-0.2, 0) is 19.9 Å². The van der Waals surface area contributed by atoms with E-state index in [0.717, 1.165) is 51.6 Å². The van der Waals surface area contributed by atoms with Gasteiger partial charge in [-0.2, -0.15) is 5.26 Å². The number of fused-ring (bicyclic) bond motifs is 4. The molecule has 0 aliphatic heterocycles. The van der Waals surface area contributed by atoms with Crippen molar-refractivity contribution in [3.63, 3.8) is 0 Å². The topological polar surface area (TPSA) is 40.8 Å². The third-order valence-electron chi connectivity index (χ3n) is 9.29. The van der Waals surface area contributed by atoms with Crippen LogP contribution in [0.4, 0.5) is 0 Å². The SMILES string of the molecule is Cc1ccc2c(oc3c(-c4ccc(C5CCCC5)c5c4CC(C)(C)C5)c(C#N)ccc32)c1-c1cccc[n+]1C. The maximum Gasteiger partial charge on any atom is 0.216 e. The van der Waals surface area contributed by atoms with Crippen molar-refractivity contribution in [1.82, 2.24) is 0 Å². The van der Waals surface area contributed by atoms with E-state index in [1.807, 2.05) is 12.1 Å². The molecule has 2 aliphatic carbocycles. The molecule has 0 bridgehead atoms. The van der Waals surface area contributed by atoms with Gasteiger partial charge in [0.25, 0.3) is 0 Å². The maximum absolute atomic E-state index is 10.3. The lowest BCUT2D eigenvalue weighted by Gasteiger charge is -2.18. The highest BCUT2D eigenvalue weighted by atomic mass is 16.3. The Morgan fingerprint density at radius 3 is 2.33 bits per heavy atom. The molecule has 7 rings (SSSR count). The number of aromatic nitrogens is 1. The van der Waals surface area contributed by atoms with Crippen LogP contribution in [0.3, 0.4) is 0 Å². The molecule has 2 aromatic heterocycles. The molecule has 1 saturated carbocycles. The van der Waals surface area contributed by atoms with E-state index in [-0.39, 0.29) is 5.41 Å². The Morgan fingerprint density at radius 1 is 0.872 bits per heavy atom. The van der Waals surface area contributed by atoms with Gasteiger partial charge >= 0.3 is 0 Å². The number of benzene rings is 3. The van der Waals surface area contributed by atoms with Crippen molar-refractivity contribution in [3.8, 4) is 28.5 Å². The lowest BCUT2D eigenvalue weighted by molar-refractivity contribution is -0.660. The van der Waals surface area contributed by atoms with E-state index in [4.69, 9.17) is 4.42 Å². The van der Waals surface area contributed by atoms with Crippen LogP contribution >= 0.6 is 0 Å². The quantitative estimate of drug-likeness (QED) is 0.227. The molecular weight excluding hydrogens is 476 g/mol. The fourth-order valence-electron chi connectivity index (χ4n) is 7.46. The summed E-state index contributed by atoms with van der Waals surface area (Å²) in [6.45, 7) is 6.92. The van der Waals surface area contributed by atoms with Crippen LogP contribution in [0.15, 0.2) is 65.2 Å². The highest BCUT2D eigenvalue weighted by Gasteiger charge is 2.35. The number of nitrogens with zero attached hydrogens (tertiary/aromatic N) is 2. The van der Waals surface area contributed by atoms with Gasteiger partial charge in [0.1, 0.15) is 18.2 Å². The predicted octanol–water partition coefficient (Wildman–Crippen LogP) is 8.71. The fraction of sp³-hybridized carbons (Fsp3) is 0.333. The Morgan fingerprint density at radius 2 is 1.59 bits per heavy atom. The minimum atomic E-state index is 0.215. The Balaban J connectivity index is 1.53. The van der Waals surface area contributed by atoms with Gasteiger partial charge in [0.15, 0.2) is 6.20 Å². The molecule has 3 nitrogen and oxygen atoms in total. The average molecular weight is 512 g/mol. The van der Waals surface area contributed by atoms with Crippen molar-refractivity contribution in [2.24, 2.45) is 12.5 Å². The van der Waals surface area contributed by atoms with Crippen LogP contribution in [0.5, 0.6) is 0 Å². The van der Waals surface area contributed by atoms with Gasteiger partial charge in [0.05, 0.1) is 17.2 Å². The predicted molar refractivity (Wildman–Crippen MR) is 158 cm³/mol. The molecule has 3 aromatic carbocycles. The zero-order valence-corrected chi connectivity index (χ0v) is 23.4. The van der Waals surface area contributed by atoms with Crippen LogP contribution in [0.25, 0.3) is 44.3 Å². The van der Waals surface area contributed by atoms with Crippen LogP contribution < -0.4 is 4.57 Å². The molecule has 2 aliphatic rings. The van der Waals surface area contributed by atoms with Crippen molar-refractivity contribution in [1.29, 1.82) is 5.26 Å². The Labute approximate surface area is 230 Å². The summed E-state index contributed by atoms with van der Waals surface area (Å²) < 4.78 is 9.03. The summed E-state index contributed by atoms with van der Waals surface area (Å²) in [7, 11) is 2.08. The molecule has 1 fully saturated rings. The minimum Gasteiger partial charge on any atom is -0.454 e. The zero-order chi connectivity index (χ0) is 26.9. The first kappa shape index (κ1) is 24.2. The van der Waals surface area contributed by atoms with E-state index in [1.165, 1.54) is 47.9 Å². The number of furan rings is 1. The van der Waals surface area contributed by atoms with Gasteiger partial charge < -0.3 is 4.42 Å². The van der Waals surface area contributed by atoms with Crippen LogP contribution in [0, 0.1) is 23.7 Å². The summed E-state index contributed by atoms with van der Waals surface area (Å²) in [5.74, 6) is 0.677. The Hall–Kier alpha value is -3.90. The van der Waals surface area contributed by atoms with Crippen LogP contribution in [-0.4, -0.2) is 0 Å². The standard InChI is InChI=1S/C36H35N2O/c1-22-12-14-27-28-15-13-24(21-37)33(35(28)39-34(27)32(22)31-11-7-8-18-38(31)4)26-17-16-25(23-9-5-6-10-23)29-19-36(2,3)20-30(26)29/h7-8,11-18,23H,5-6,9-10,19-20H2,1-4H3/q+1. The summed E-state index contributed by atoms with van der Waals surface area (Å²) in [5, 5.41) is 12.5. The van der Waals surface area contributed by atoms with E-state index in [2.05, 4.69) is 87.1 Å². The van der Waals surface area contributed by atoms with Gasteiger partial charge in [-0.15, -0.1) is 0 Å². The molecule has 0 radical (unpaired) electrons. The Kier molecular flexibility index (Phi) is 5.46. The zero-order valence-electron chi connectivity index (χ0n) is 23.4. The van der Waals surface area contributed by atoms with E-state index in [9.17, 15) is 5.26 Å². The summed E-state index contributed by atoms with van der Waals surface area (Å²) in [5.41, 5.74) is 12.7. The molecule has 194 valence electrons. The summed E-state index contributed by atoms with van der Waals surface area (Å²) in [6, 6.07) is 21.9. The third-order valence-corrected chi connectivity index (χ3v) is 9.29. The number of hydrogen-bond acceptors (Lipinski definition) is 2. The summed E-state index contributed by atoms with van der Waals surface area (Å²) >= 11 is 0.